The first kappa shape index (κ1) is 13.1. The molecule has 0 aliphatic rings. The highest BCUT2D eigenvalue weighted by molar-refractivity contribution is 5.81. The maximum absolute atomic E-state index is 13.4. The lowest BCUT2D eigenvalue weighted by Gasteiger charge is -2.10. The van der Waals surface area contributed by atoms with Crippen molar-refractivity contribution >= 4 is 5.91 Å². The summed E-state index contributed by atoms with van der Waals surface area (Å²) in [5.74, 6) is -0.494. The Morgan fingerprint density at radius 3 is 2.37 bits per heavy atom. The van der Waals surface area contributed by atoms with Crippen LogP contribution in [-0.4, -0.2) is 5.91 Å². The van der Waals surface area contributed by atoms with Crippen LogP contribution in [0.25, 0.3) is 0 Å². The molecule has 0 aliphatic heterocycles. The minimum atomic E-state index is -0.419. The molecule has 1 amide bonds. The number of carbonyl (C=O) groups is 1. The SMILES string of the molecule is CC(C(N)=O)c1ccc(Oc2ccccc2F)cc1. The van der Waals surface area contributed by atoms with Crippen LogP contribution < -0.4 is 10.5 Å². The highest BCUT2D eigenvalue weighted by Crippen LogP contribution is 2.25. The molecule has 3 nitrogen and oxygen atoms in total. The van der Waals surface area contributed by atoms with E-state index in [1.165, 1.54) is 6.07 Å². The van der Waals surface area contributed by atoms with Crippen molar-refractivity contribution in [1.29, 1.82) is 0 Å². The zero-order valence-electron chi connectivity index (χ0n) is 10.5. The van der Waals surface area contributed by atoms with Crippen molar-refractivity contribution < 1.29 is 13.9 Å². The molecule has 0 saturated carbocycles. The maximum atomic E-state index is 13.4. The Balaban J connectivity index is 2.15. The fraction of sp³-hybridized carbons (Fsp3) is 0.133. The van der Waals surface area contributed by atoms with E-state index >= 15 is 0 Å². The third-order valence-corrected chi connectivity index (χ3v) is 2.87. The lowest BCUT2D eigenvalue weighted by molar-refractivity contribution is -0.119. The number of amides is 1. The maximum Gasteiger partial charge on any atom is 0.224 e. The predicted octanol–water partition coefficient (Wildman–Crippen LogP) is 3.21. The Hall–Kier alpha value is -2.36. The molecule has 0 bridgehead atoms. The van der Waals surface area contributed by atoms with Crippen LogP contribution in [0.1, 0.15) is 18.4 Å². The van der Waals surface area contributed by atoms with Crippen LogP contribution in [0.3, 0.4) is 0 Å². The van der Waals surface area contributed by atoms with E-state index in [2.05, 4.69) is 0 Å². The summed E-state index contributed by atoms with van der Waals surface area (Å²) in [6, 6.07) is 13.0. The van der Waals surface area contributed by atoms with Crippen molar-refractivity contribution in [1.82, 2.24) is 0 Å². The zero-order valence-corrected chi connectivity index (χ0v) is 10.5. The second kappa shape index (κ2) is 5.52. The monoisotopic (exact) mass is 259 g/mol. The molecule has 0 fully saturated rings. The minimum Gasteiger partial charge on any atom is -0.454 e. The standard InChI is InChI=1S/C15H14FNO2/c1-10(15(17)18)11-6-8-12(9-7-11)19-14-5-3-2-4-13(14)16/h2-10H,1H3,(H2,17,18). The molecule has 98 valence electrons. The Labute approximate surface area is 110 Å². The molecular weight excluding hydrogens is 245 g/mol. The van der Waals surface area contributed by atoms with Gasteiger partial charge in [-0.3, -0.25) is 4.79 Å². The van der Waals surface area contributed by atoms with E-state index in [1.807, 2.05) is 0 Å². The summed E-state index contributed by atoms with van der Waals surface area (Å²) in [4.78, 5) is 11.1. The van der Waals surface area contributed by atoms with E-state index in [0.29, 0.717) is 5.75 Å². The van der Waals surface area contributed by atoms with E-state index in [9.17, 15) is 9.18 Å². The molecule has 2 aromatic rings. The summed E-state index contributed by atoms with van der Waals surface area (Å²) < 4.78 is 18.8. The van der Waals surface area contributed by atoms with Crippen molar-refractivity contribution in [2.75, 3.05) is 0 Å². The molecule has 2 N–H and O–H groups in total. The summed E-state index contributed by atoms with van der Waals surface area (Å²) in [6.07, 6.45) is 0. The number of para-hydroxylation sites is 1. The lowest BCUT2D eigenvalue weighted by Crippen LogP contribution is -2.18. The normalized spacial score (nSPS) is 11.9. The molecule has 0 aromatic heterocycles. The number of hydrogen-bond donors (Lipinski definition) is 1. The fourth-order valence-electron chi connectivity index (χ4n) is 1.64. The molecule has 0 spiro atoms. The van der Waals surface area contributed by atoms with E-state index in [0.717, 1.165) is 5.56 Å². The summed E-state index contributed by atoms with van der Waals surface area (Å²) in [5, 5.41) is 0. The second-order valence-corrected chi connectivity index (χ2v) is 4.23. The predicted molar refractivity (Wildman–Crippen MR) is 70.5 cm³/mol. The Kier molecular flexibility index (Phi) is 3.80. The van der Waals surface area contributed by atoms with Gasteiger partial charge in [0.2, 0.25) is 5.91 Å². The van der Waals surface area contributed by atoms with Gasteiger partial charge in [-0.2, -0.15) is 0 Å². The van der Waals surface area contributed by atoms with E-state index < -0.39 is 5.82 Å². The quantitative estimate of drug-likeness (QED) is 0.916. The van der Waals surface area contributed by atoms with Crippen molar-refractivity contribution in [2.45, 2.75) is 12.8 Å². The van der Waals surface area contributed by atoms with Gasteiger partial charge in [0.05, 0.1) is 5.92 Å². The third-order valence-electron chi connectivity index (χ3n) is 2.87. The Morgan fingerprint density at radius 1 is 1.16 bits per heavy atom. The summed E-state index contributed by atoms with van der Waals surface area (Å²) in [5.41, 5.74) is 6.03. The number of benzene rings is 2. The highest BCUT2D eigenvalue weighted by atomic mass is 19.1. The number of halogens is 1. The minimum absolute atomic E-state index is 0.165. The van der Waals surface area contributed by atoms with Gasteiger partial charge >= 0.3 is 0 Å². The molecule has 0 heterocycles. The first-order valence-corrected chi connectivity index (χ1v) is 5.89. The third kappa shape index (κ3) is 3.10. The topological polar surface area (TPSA) is 52.3 Å². The van der Waals surface area contributed by atoms with Gasteiger partial charge in [-0.15, -0.1) is 0 Å². The molecule has 1 unspecified atom stereocenters. The van der Waals surface area contributed by atoms with E-state index in [4.69, 9.17) is 10.5 Å². The molecule has 4 heteroatoms. The van der Waals surface area contributed by atoms with Crippen molar-refractivity contribution in [2.24, 2.45) is 5.73 Å². The summed E-state index contributed by atoms with van der Waals surface area (Å²) in [7, 11) is 0. The van der Waals surface area contributed by atoms with Gasteiger partial charge in [0, 0.05) is 0 Å². The van der Waals surface area contributed by atoms with Gasteiger partial charge in [-0.1, -0.05) is 24.3 Å². The number of carbonyl (C=O) groups excluding carboxylic acids is 1. The van der Waals surface area contributed by atoms with Gasteiger partial charge < -0.3 is 10.5 Å². The largest absolute Gasteiger partial charge is 0.454 e. The van der Waals surface area contributed by atoms with Gasteiger partial charge in [-0.25, -0.2) is 4.39 Å². The second-order valence-electron chi connectivity index (χ2n) is 4.23. The number of nitrogens with two attached hydrogens (primary N) is 1. The van der Waals surface area contributed by atoms with Crippen LogP contribution in [0.15, 0.2) is 48.5 Å². The van der Waals surface area contributed by atoms with Gasteiger partial charge in [0.25, 0.3) is 0 Å². The van der Waals surface area contributed by atoms with E-state index in [1.54, 1.807) is 49.4 Å². The van der Waals surface area contributed by atoms with Crippen LogP contribution in [-0.2, 0) is 4.79 Å². The highest BCUT2D eigenvalue weighted by Gasteiger charge is 2.11. The van der Waals surface area contributed by atoms with Crippen molar-refractivity contribution in [3.8, 4) is 11.5 Å². The smallest absolute Gasteiger partial charge is 0.224 e. The molecular formula is C15H14FNO2. The average Bonchev–Trinajstić information content (AvgIpc) is 2.41. The van der Waals surface area contributed by atoms with Crippen molar-refractivity contribution in [3.05, 3.63) is 59.9 Å². The summed E-state index contributed by atoms with van der Waals surface area (Å²) >= 11 is 0. The molecule has 1 atom stereocenters. The van der Waals surface area contributed by atoms with Crippen LogP contribution in [0, 0.1) is 5.82 Å². The first-order valence-electron chi connectivity index (χ1n) is 5.89. The molecule has 2 rings (SSSR count). The Bertz CT molecular complexity index is 581. The van der Waals surface area contributed by atoms with Gasteiger partial charge in [-0.05, 0) is 36.8 Å². The lowest BCUT2D eigenvalue weighted by atomic mass is 10.0. The summed E-state index contributed by atoms with van der Waals surface area (Å²) in [6.45, 7) is 1.73. The number of ether oxygens (including phenoxy) is 1. The number of rotatable bonds is 4. The molecule has 19 heavy (non-hydrogen) atoms. The Morgan fingerprint density at radius 2 is 1.79 bits per heavy atom. The van der Waals surface area contributed by atoms with Crippen LogP contribution in [0.4, 0.5) is 4.39 Å². The van der Waals surface area contributed by atoms with Gasteiger partial charge in [0.1, 0.15) is 5.75 Å². The van der Waals surface area contributed by atoms with Crippen LogP contribution in [0.5, 0.6) is 11.5 Å². The number of primary amides is 1. The molecule has 0 radical (unpaired) electrons. The molecule has 0 saturated heterocycles. The zero-order chi connectivity index (χ0) is 13.8. The molecule has 0 aliphatic carbocycles. The van der Waals surface area contributed by atoms with Crippen LogP contribution >= 0.6 is 0 Å². The van der Waals surface area contributed by atoms with Gasteiger partial charge in [0.15, 0.2) is 11.6 Å². The fourth-order valence-corrected chi connectivity index (χ4v) is 1.64. The van der Waals surface area contributed by atoms with Crippen LogP contribution in [0.2, 0.25) is 0 Å². The molecule has 2 aromatic carbocycles. The van der Waals surface area contributed by atoms with Crippen molar-refractivity contribution in [3.63, 3.8) is 0 Å². The number of hydrogen-bond acceptors (Lipinski definition) is 2. The average molecular weight is 259 g/mol. The van der Waals surface area contributed by atoms with E-state index in [-0.39, 0.29) is 17.6 Å². The first-order chi connectivity index (χ1) is 9.08.